The average Bonchev–Trinajstić information content (AvgIpc) is 3.11. The highest BCUT2D eigenvalue weighted by molar-refractivity contribution is 5.94. The van der Waals surface area contributed by atoms with Crippen molar-refractivity contribution in [2.45, 2.75) is 89.9 Å². The lowest BCUT2D eigenvalue weighted by atomic mass is 9.96. The molecule has 3 rings (SSSR count). The van der Waals surface area contributed by atoms with E-state index in [-0.39, 0.29) is 48.0 Å². The Kier molecular flexibility index (Phi) is 15.5. The lowest BCUT2D eigenvalue weighted by Gasteiger charge is -2.17. The number of hydrogen-bond donors (Lipinski definition) is 0. The topological polar surface area (TPSA) is 66.0 Å². The van der Waals surface area contributed by atoms with E-state index >= 15 is 0 Å². The second kappa shape index (κ2) is 19.2. The molecule has 0 spiro atoms. The van der Waals surface area contributed by atoms with Crippen molar-refractivity contribution in [1.29, 1.82) is 10.5 Å². The number of alkyl halides is 12. The Bertz CT molecular complexity index is 1750. The number of ether oxygens (including phenoxy) is 2. The predicted molar refractivity (Wildman–Crippen MR) is 186 cm³/mol. The van der Waals surface area contributed by atoms with Gasteiger partial charge in [0, 0.05) is 11.1 Å². The largest absolute Gasteiger partial charge is 0.493 e. The van der Waals surface area contributed by atoms with Crippen LogP contribution < -0.4 is 9.47 Å². The average molecular weight is 805 g/mol. The van der Waals surface area contributed by atoms with E-state index < -0.39 is 69.2 Å². The molecule has 0 bridgehead atoms. The van der Waals surface area contributed by atoms with E-state index in [1.807, 2.05) is 13.8 Å². The summed E-state index contributed by atoms with van der Waals surface area (Å²) in [4.78, 5) is 0. The summed E-state index contributed by atoms with van der Waals surface area (Å²) in [6.07, 6.45) is -13.3. The number of allylic oxidation sites excluding steroid dienone is 2. The molecule has 0 fully saturated rings. The molecule has 0 aliphatic rings. The molecular formula is C40H36F12N2O2. The van der Waals surface area contributed by atoms with E-state index in [0.29, 0.717) is 49.9 Å². The number of hydrogen-bond acceptors (Lipinski definition) is 4. The molecule has 0 saturated carbocycles. The molecule has 0 amide bonds. The molecule has 0 heterocycles. The molecule has 4 nitrogen and oxygen atoms in total. The van der Waals surface area contributed by atoms with Crippen molar-refractivity contribution >= 4 is 23.3 Å². The first-order chi connectivity index (χ1) is 26.1. The van der Waals surface area contributed by atoms with E-state index in [4.69, 9.17) is 9.47 Å². The number of nitriles is 2. The molecule has 0 N–H and O–H groups in total. The molecule has 0 aromatic heterocycles. The minimum absolute atomic E-state index is 0.0125. The van der Waals surface area contributed by atoms with Gasteiger partial charge in [-0.3, -0.25) is 0 Å². The van der Waals surface area contributed by atoms with Crippen molar-refractivity contribution in [2.24, 2.45) is 0 Å². The van der Waals surface area contributed by atoms with E-state index in [2.05, 4.69) is 0 Å². The van der Waals surface area contributed by atoms with Crippen molar-refractivity contribution < 1.29 is 62.2 Å². The Morgan fingerprint density at radius 3 is 1.04 bits per heavy atom. The number of nitrogens with zero attached hydrogens (tertiary/aromatic N) is 2. The quantitative estimate of drug-likeness (QED) is 0.0626. The molecular weight excluding hydrogens is 768 g/mol. The first kappa shape index (κ1) is 45.3. The monoisotopic (exact) mass is 804 g/mol. The summed E-state index contributed by atoms with van der Waals surface area (Å²) < 4.78 is 176. The maximum absolute atomic E-state index is 13.7. The summed E-state index contributed by atoms with van der Waals surface area (Å²) in [7, 11) is 0. The van der Waals surface area contributed by atoms with Crippen LogP contribution in [0.15, 0.2) is 48.5 Å². The van der Waals surface area contributed by atoms with Crippen LogP contribution in [0.4, 0.5) is 52.7 Å². The van der Waals surface area contributed by atoms with Gasteiger partial charge in [-0.05, 0) is 84.7 Å². The van der Waals surface area contributed by atoms with Gasteiger partial charge in [0.25, 0.3) is 0 Å². The minimum atomic E-state index is -5.21. The van der Waals surface area contributed by atoms with Crippen molar-refractivity contribution in [3.8, 4) is 23.6 Å². The molecule has 3 aromatic rings. The highest BCUT2D eigenvalue weighted by Crippen LogP contribution is 2.41. The van der Waals surface area contributed by atoms with E-state index in [9.17, 15) is 63.2 Å². The van der Waals surface area contributed by atoms with Crippen LogP contribution in [-0.4, -0.2) is 13.2 Å². The van der Waals surface area contributed by atoms with Gasteiger partial charge < -0.3 is 9.47 Å². The van der Waals surface area contributed by atoms with Gasteiger partial charge in [0.1, 0.15) is 11.5 Å². The van der Waals surface area contributed by atoms with Crippen LogP contribution in [0, 0.1) is 22.7 Å². The number of rotatable bonds is 16. The molecule has 302 valence electrons. The number of halogens is 12. The van der Waals surface area contributed by atoms with Gasteiger partial charge in [0.05, 0.1) is 58.8 Å². The van der Waals surface area contributed by atoms with Crippen LogP contribution in [-0.2, 0) is 24.7 Å². The summed E-state index contributed by atoms with van der Waals surface area (Å²) in [5.41, 5.74) is -9.55. The van der Waals surface area contributed by atoms with Crippen LogP contribution >= 0.6 is 0 Å². The zero-order valence-electron chi connectivity index (χ0n) is 30.1. The Labute approximate surface area is 315 Å². The molecule has 3 aromatic carbocycles. The fourth-order valence-electron chi connectivity index (χ4n) is 5.38. The van der Waals surface area contributed by atoms with Crippen molar-refractivity contribution in [3.63, 3.8) is 0 Å². The maximum atomic E-state index is 13.7. The molecule has 16 heteroatoms. The van der Waals surface area contributed by atoms with Gasteiger partial charge in [-0.2, -0.15) is 63.2 Å². The van der Waals surface area contributed by atoms with Crippen LogP contribution in [0.1, 0.15) is 110 Å². The Morgan fingerprint density at radius 2 is 0.786 bits per heavy atom. The fourth-order valence-corrected chi connectivity index (χ4v) is 5.38. The molecule has 0 aliphatic carbocycles. The summed E-state index contributed by atoms with van der Waals surface area (Å²) >= 11 is 0. The summed E-state index contributed by atoms with van der Waals surface area (Å²) in [6.45, 7) is 3.91. The highest BCUT2D eigenvalue weighted by atomic mass is 19.4. The lowest BCUT2D eigenvalue weighted by Crippen LogP contribution is -2.11. The Morgan fingerprint density at radius 1 is 0.482 bits per heavy atom. The third-order valence-corrected chi connectivity index (χ3v) is 8.29. The van der Waals surface area contributed by atoms with Gasteiger partial charge in [0.15, 0.2) is 0 Å². The van der Waals surface area contributed by atoms with E-state index in [1.54, 1.807) is 12.1 Å². The predicted octanol–water partition coefficient (Wildman–Crippen LogP) is 13.8. The number of unbranched alkanes of at least 4 members (excludes halogenated alkanes) is 6. The van der Waals surface area contributed by atoms with Crippen molar-refractivity contribution in [1.82, 2.24) is 0 Å². The third kappa shape index (κ3) is 13.0. The fraction of sp³-hybridized carbons (Fsp3) is 0.400. The third-order valence-electron chi connectivity index (χ3n) is 8.29. The SMILES string of the molecule is CCCCCCOc1cc(/C=C(\C#N)c2cc(C(F)(F)F)cc(C(F)(F)F)c2)c(OCCCCCC)cc1/C=C(\C#N)c1cc(C(F)(F)F)cc(C(F)(F)F)c1. The highest BCUT2D eigenvalue weighted by Gasteiger charge is 2.38. The second-order valence-electron chi connectivity index (χ2n) is 12.7. The van der Waals surface area contributed by atoms with Crippen LogP contribution in [0.5, 0.6) is 11.5 Å². The molecule has 56 heavy (non-hydrogen) atoms. The molecule has 0 saturated heterocycles. The van der Waals surface area contributed by atoms with Gasteiger partial charge in [-0.15, -0.1) is 0 Å². The van der Waals surface area contributed by atoms with Crippen molar-refractivity contribution in [2.75, 3.05) is 13.2 Å². The van der Waals surface area contributed by atoms with E-state index in [0.717, 1.165) is 37.8 Å². The summed E-state index contributed by atoms with van der Waals surface area (Å²) in [6, 6.07) is 6.99. The molecule has 0 unspecified atom stereocenters. The smallest absolute Gasteiger partial charge is 0.416 e. The summed E-state index contributed by atoms with van der Waals surface area (Å²) in [5, 5.41) is 20.0. The minimum Gasteiger partial charge on any atom is -0.493 e. The standard InChI is InChI=1S/C40H36F12N2O2/c1-3-5-7-9-11-55-35-19-28(14-30(24-54)26-17-33(39(47,48)49)22-34(18-26)40(50,51)52)36(56-12-10-8-6-4-2)20-27(35)13-29(23-53)25-15-31(37(41,42)43)21-32(16-25)38(44,45)46/h13-22H,3-12H2,1-2H3/b29-13+,30-14+. The number of benzene rings is 3. The van der Waals surface area contributed by atoms with Gasteiger partial charge in [-0.1, -0.05) is 52.4 Å². The lowest BCUT2D eigenvalue weighted by molar-refractivity contribution is -0.144. The second-order valence-corrected chi connectivity index (χ2v) is 12.7. The molecule has 0 aliphatic heterocycles. The first-order valence-corrected chi connectivity index (χ1v) is 17.4. The normalized spacial score (nSPS) is 13.0. The van der Waals surface area contributed by atoms with Crippen molar-refractivity contribution in [3.05, 3.63) is 93.0 Å². The van der Waals surface area contributed by atoms with Crippen LogP contribution in [0.3, 0.4) is 0 Å². The Balaban J connectivity index is 2.36. The summed E-state index contributed by atoms with van der Waals surface area (Å²) in [5.74, 6) is -0.252. The molecule has 0 radical (unpaired) electrons. The van der Waals surface area contributed by atoms with E-state index in [1.165, 1.54) is 12.1 Å². The molecule has 0 atom stereocenters. The first-order valence-electron chi connectivity index (χ1n) is 17.4. The van der Waals surface area contributed by atoms with Gasteiger partial charge >= 0.3 is 24.7 Å². The zero-order chi connectivity index (χ0) is 41.9. The van der Waals surface area contributed by atoms with Gasteiger partial charge in [-0.25, -0.2) is 0 Å². The van der Waals surface area contributed by atoms with Crippen LogP contribution in [0.2, 0.25) is 0 Å². The Hall–Kier alpha value is -5.12. The maximum Gasteiger partial charge on any atom is 0.416 e. The van der Waals surface area contributed by atoms with Gasteiger partial charge in [0.2, 0.25) is 0 Å². The van der Waals surface area contributed by atoms with Crippen LogP contribution in [0.25, 0.3) is 23.3 Å². The zero-order valence-corrected chi connectivity index (χ0v) is 30.1.